The Hall–Kier alpha value is -0.780. The van der Waals surface area contributed by atoms with Crippen LogP contribution in [0.3, 0.4) is 0 Å². The van der Waals surface area contributed by atoms with Crippen LogP contribution in [0.5, 0.6) is 11.5 Å². The molecule has 0 amide bonds. The quantitative estimate of drug-likeness (QED) is 0.779. The van der Waals surface area contributed by atoms with Crippen molar-refractivity contribution in [3.63, 3.8) is 0 Å². The topological polar surface area (TPSA) is 75.7 Å². The van der Waals surface area contributed by atoms with Crippen molar-refractivity contribution < 1.29 is 14.9 Å². The Morgan fingerprint density at radius 2 is 2.20 bits per heavy atom. The first-order chi connectivity index (χ1) is 7.10. The van der Waals surface area contributed by atoms with E-state index in [-0.39, 0.29) is 18.4 Å². The highest BCUT2D eigenvalue weighted by Gasteiger charge is 2.12. The summed E-state index contributed by atoms with van der Waals surface area (Å²) < 4.78 is 5.53. The van der Waals surface area contributed by atoms with Crippen LogP contribution in [0.1, 0.15) is 18.0 Å². The van der Waals surface area contributed by atoms with Gasteiger partial charge >= 0.3 is 0 Å². The fraction of sp³-hybridized carbons (Fsp3) is 0.400. The number of aliphatic hydroxyl groups excluding tert-OH is 1. The van der Waals surface area contributed by atoms with Gasteiger partial charge in [-0.1, -0.05) is 0 Å². The molecule has 0 bridgehead atoms. The van der Waals surface area contributed by atoms with E-state index in [0.29, 0.717) is 16.6 Å². The van der Waals surface area contributed by atoms with Crippen LogP contribution in [0, 0.1) is 0 Å². The van der Waals surface area contributed by atoms with E-state index in [1.165, 1.54) is 7.11 Å². The van der Waals surface area contributed by atoms with Crippen LogP contribution in [0.25, 0.3) is 0 Å². The molecule has 1 rings (SSSR count). The summed E-state index contributed by atoms with van der Waals surface area (Å²) in [5, 5.41) is 18.3. The molecule has 4 N–H and O–H groups in total. The first-order valence-electron chi connectivity index (χ1n) is 4.53. The third-order valence-electron chi connectivity index (χ3n) is 2.14. The second-order valence-electron chi connectivity index (χ2n) is 3.17. The van der Waals surface area contributed by atoms with Crippen molar-refractivity contribution in [1.29, 1.82) is 0 Å². The second-order valence-corrected chi connectivity index (χ2v) is 4.03. The SMILES string of the molecule is COc1cc([C@@H](N)CCO)cc(Br)c1O. The zero-order chi connectivity index (χ0) is 11.4. The van der Waals surface area contributed by atoms with E-state index in [0.717, 1.165) is 5.56 Å². The zero-order valence-corrected chi connectivity index (χ0v) is 9.99. The van der Waals surface area contributed by atoms with Gasteiger partial charge in [-0.2, -0.15) is 0 Å². The van der Waals surface area contributed by atoms with Gasteiger partial charge in [-0.25, -0.2) is 0 Å². The molecular formula is C10H14BrNO3. The number of rotatable bonds is 4. The van der Waals surface area contributed by atoms with E-state index in [1.54, 1.807) is 12.1 Å². The van der Waals surface area contributed by atoms with Crippen LogP contribution < -0.4 is 10.5 Å². The lowest BCUT2D eigenvalue weighted by molar-refractivity contribution is 0.276. The van der Waals surface area contributed by atoms with Crippen molar-refractivity contribution in [3.05, 3.63) is 22.2 Å². The number of ether oxygens (including phenoxy) is 1. The molecule has 1 atom stereocenters. The molecule has 0 aliphatic heterocycles. The minimum atomic E-state index is -0.263. The van der Waals surface area contributed by atoms with E-state index >= 15 is 0 Å². The monoisotopic (exact) mass is 275 g/mol. The molecule has 4 nitrogen and oxygen atoms in total. The Morgan fingerprint density at radius 1 is 1.53 bits per heavy atom. The first-order valence-corrected chi connectivity index (χ1v) is 5.32. The highest BCUT2D eigenvalue weighted by molar-refractivity contribution is 9.10. The molecule has 0 unspecified atom stereocenters. The molecule has 1 aromatic carbocycles. The molecule has 0 aromatic heterocycles. The molecule has 0 aliphatic carbocycles. The maximum atomic E-state index is 9.57. The fourth-order valence-electron chi connectivity index (χ4n) is 1.27. The zero-order valence-electron chi connectivity index (χ0n) is 8.40. The number of halogens is 1. The van der Waals surface area contributed by atoms with Crippen molar-refractivity contribution >= 4 is 15.9 Å². The highest BCUT2D eigenvalue weighted by atomic mass is 79.9. The van der Waals surface area contributed by atoms with Gasteiger partial charge in [-0.3, -0.25) is 0 Å². The molecular weight excluding hydrogens is 262 g/mol. The Balaban J connectivity index is 3.05. The standard InChI is InChI=1S/C10H14BrNO3/c1-15-9-5-6(8(12)2-3-13)4-7(11)10(9)14/h4-5,8,13-14H,2-3,12H2,1H3/t8-/m0/s1. The number of benzene rings is 1. The van der Waals surface area contributed by atoms with Gasteiger partial charge in [0.1, 0.15) is 0 Å². The Bertz CT molecular complexity index is 344. The average molecular weight is 276 g/mol. The van der Waals surface area contributed by atoms with Gasteiger partial charge in [0.05, 0.1) is 11.6 Å². The summed E-state index contributed by atoms with van der Waals surface area (Å²) in [6.07, 6.45) is 0.473. The van der Waals surface area contributed by atoms with Crippen molar-refractivity contribution in [3.8, 4) is 11.5 Å². The number of hydrogen-bond donors (Lipinski definition) is 3. The summed E-state index contributed by atoms with van der Waals surface area (Å²) >= 11 is 3.21. The molecule has 1 aromatic rings. The minimum absolute atomic E-state index is 0.0297. The number of phenolic OH excluding ortho intramolecular Hbond substituents is 1. The largest absolute Gasteiger partial charge is 0.503 e. The van der Waals surface area contributed by atoms with Crippen molar-refractivity contribution in [2.75, 3.05) is 13.7 Å². The van der Waals surface area contributed by atoms with E-state index in [1.807, 2.05) is 0 Å². The molecule has 0 aliphatic rings. The minimum Gasteiger partial charge on any atom is -0.503 e. The molecule has 84 valence electrons. The lowest BCUT2D eigenvalue weighted by Crippen LogP contribution is -2.12. The van der Waals surface area contributed by atoms with Gasteiger partial charge in [0.15, 0.2) is 11.5 Å². The number of phenols is 1. The van der Waals surface area contributed by atoms with Gasteiger partial charge < -0.3 is 20.7 Å². The lowest BCUT2D eigenvalue weighted by Gasteiger charge is -2.13. The van der Waals surface area contributed by atoms with Crippen LogP contribution in [-0.2, 0) is 0 Å². The molecule has 0 saturated carbocycles. The normalized spacial score (nSPS) is 12.5. The molecule has 0 heterocycles. The molecule has 0 spiro atoms. The van der Waals surface area contributed by atoms with Gasteiger partial charge in [0.25, 0.3) is 0 Å². The fourth-order valence-corrected chi connectivity index (χ4v) is 1.73. The van der Waals surface area contributed by atoms with Crippen LogP contribution in [-0.4, -0.2) is 23.9 Å². The van der Waals surface area contributed by atoms with Crippen molar-refractivity contribution in [1.82, 2.24) is 0 Å². The number of aliphatic hydroxyl groups is 1. The molecule has 0 saturated heterocycles. The Morgan fingerprint density at radius 3 is 2.73 bits per heavy atom. The summed E-state index contributed by atoms with van der Waals surface area (Å²) in [5.74, 6) is 0.421. The Kier molecular flexibility index (Phi) is 4.38. The number of nitrogens with two attached hydrogens (primary N) is 1. The Labute approximate surface area is 96.8 Å². The lowest BCUT2D eigenvalue weighted by atomic mass is 10.0. The van der Waals surface area contributed by atoms with Crippen LogP contribution in [0.2, 0.25) is 0 Å². The third-order valence-corrected chi connectivity index (χ3v) is 2.74. The van der Waals surface area contributed by atoms with Crippen LogP contribution >= 0.6 is 15.9 Å². The van der Waals surface area contributed by atoms with Crippen LogP contribution in [0.4, 0.5) is 0 Å². The summed E-state index contributed by atoms with van der Waals surface area (Å²) in [6.45, 7) is 0.0297. The van der Waals surface area contributed by atoms with Gasteiger partial charge in [0.2, 0.25) is 0 Å². The van der Waals surface area contributed by atoms with Crippen molar-refractivity contribution in [2.24, 2.45) is 5.73 Å². The van der Waals surface area contributed by atoms with Gasteiger partial charge in [-0.05, 0) is 40.0 Å². The number of hydrogen-bond acceptors (Lipinski definition) is 4. The van der Waals surface area contributed by atoms with E-state index in [4.69, 9.17) is 15.6 Å². The molecule has 0 radical (unpaired) electrons. The molecule has 5 heteroatoms. The smallest absolute Gasteiger partial charge is 0.172 e. The summed E-state index contributed by atoms with van der Waals surface area (Å²) in [5.41, 5.74) is 6.64. The highest BCUT2D eigenvalue weighted by Crippen LogP contribution is 2.36. The average Bonchev–Trinajstić information content (AvgIpc) is 2.22. The summed E-state index contributed by atoms with van der Waals surface area (Å²) in [6, 6.07) is 3.12. The van der Waals surface area contributed by atoms with E-state index < -0.39 is 0 Å². The van der Waals surface area contributed by atoms with Gasteiger partial charge in [0, 0.05) is 12.6 Å². The van der Waals surface area contributed by atoms with Crippen molar-refractivity contribution in [2.45, 2.75) is 12.5 Å². The third kappa shape index (κ3) is 2.84. The maximum absolute atomic E-state index is 9.57. The van der Waals surface area contributed by atoms with E-state index in [2.05, 4.69) is 15.9 Å². The summed E-state index contributed by atoms with van der Waals surface area (Å²) in [4.78, 5) is 0. The van der Waals surface area contributed by atoms with Crippen LogP contribution in [0.15, 0.2) is 16.6 Å². The molecule has 0 fully saturated rings. The predicted octanol–water partition coefficient (Wildman–Crippen LogP) is 1.55. The second kappa shape index (κ2) is 5.34. The maximum Gasteiger partial charge on any atom is 0.172 e. The first kappa shape index (κ1) is 12.3. The summed E-state index contributed by atoms with van der Waals surface area (Å²) in [7, 11) is 1.48. The predicted molar refractivity (Wildman–Crippen MR) is 61.0 cm³/mol. The van der Waals surface area contributed by atoms with E-state index in [9.17, 15) is 5.11 Å². The molecule has 15 heavy (non-hydrogen) atoms. The van der Waals surface area contributed by atoms with Gasteiger partial charge in [-0.15, -0.1) is 0 Å². The number of methoxy groups -OCH3 is 1. The number of aromatic hydroxyl groups is 1.